The van der Waals surface area contributed by atoms with Gasteiger partial charge in [-0.2, -0.15) is 0 Å². The molecule has 8 heteroatoms. The molecule has 1 saturated carbocycles. The first-order valence-electron chi connectivity index (χ1n) is 15.5. The van der Waals surface area contributed by atoms with E-state index in [1.54, 1.807) is 0 Å². The second-order valence-electron chi connectivity index (χ2n) is 11.7. The number of hydrogen-bond acceptors (Lipinski definition) is 6. The van der Waals surface area contributed by atoms with Crippen molar-refractivity contribution in [3.63, 3.8) is 0 Å². The van der Waals surface area contributed by atoms with Gasteiger partial charge in [0.1, 0.15) is 6.61 Å². The number of esters is 1. The molecule has 2 fully saturated rings. The third-order valence-corrected chi connectivity index (χ3v) is 8.34. The number of unbranched alkanes of at least 4 members (excludes halogenated alkanes) is 5. The van der Waals surface area contributed by atoms with Crippen LogP contribution in [0.1, 0.15) is 109 Å². The average Bonchev–Trinajstić information content (AvgIpc) is 3.25. The maximum atomic E-state index is 15.8. The minimum Gasteiger partial charge on any atom is -0.461 e. The number of rotatable bonds is 18. The topological polar surface area (TPSA) is 85.2 Å². The Bertz CT molecular complexity index is 832. The third kappa shape index (κ3) is 11.0. The van der Waals surface area contributed by atoms with Gasteiger partial charge >= 0.3 is 5.97 Å². The summed E-state index contributed by atoms with van der Waals surface area (Å²) >= 11 is 0. The zero-order valence-corrected chi connectivity index (χ0v) is 24.2. The molecule has 228 valence electrons. The van der Waals surface area contributed by atoms with E-state index in [9.17, 15) is 15.0 Å². The van der Waals surface area contributed by atoms with Crippen molar-refractivity contribution >= 4 is 5.97 Å². The van der Waals surface area contributed by atoms with Crippen molar-refractivity contribution in [1.82, 2.24) is 0 Å². The number of hydrogen-bond donors (Lipinski definition) is 2. The highest BCUT2D eigenvalue weighted by Crippen LogP contribution is 2.48. The van der Waals surface area contributed by atoms with E-state index in [0.717, 1.165) is 50.5 Å². The van der Waals surface area contributed by atoms with Crippen molar-refractivity contribution in [3.05, 3.63) is 35.9 Å². The first kappa shape index (κ1) is 32.9. The van der Waals surface area contributed by atoms with Gasteiger partial charge in [-0.1, -0.05) is 75.8 Å². The zero-order valence-electron chi connectivity index (χ0n) is 24.2. The lowest BCUT2D eigenvalue weighted by atomic mass is 9.81. The molecule has 0 amide bonds. The van der Waals surface area contributed by atoms with E-state index in [1.165, 1.54) is 0 Å². The summed E-state index contributed by atoms with van der Waals surface area (Å²) in [6.07, 6.45) is 5.46. The van der Waals surface area contributed by atoms with E-state index in [2.05, 4.69) is 0 Å². The van der Waals surface area contributed by atoms with Crippen LogP contribution in [0, 0.1) is 11.8 Å². The van der Waals surface area contributed by atoms with Gasteiger partial charge in [0.2, 0.25) is 0 Å². The molecule has 0 spiro atoms. The van der Waals surface area contributed by atoms with Crippen LogP contribution in [0.5, 0.6) is 0 Å². The Kier molecular flexibility index (Phi) is 14.3. The summed E-state index contributed by atoms with van der Waals surface area (Å²) in [6, 6.07) is 9.53. The number of aliphatic hydroxyl groups is 2. The van der Waals surface area contributed by atoms with Crippen molar-refractivity contribution < 1.29 is 38.0 Å². The fraction of sp³-hybridized carbons (Fsp3) is 0.781. The van der Waals surface area contributed by atoms with Gasteiger partial charge in [-0.25, -0.2) is 8.78 Å². The van der Waals surface area contributed by atoms with Gasteiger partial charge in [0.05, 0.1) is 24.2 Å². The molecule has 0 radical (unpaired) electrons. The first-order valence-corrected chi connectivity index (χ1v) is 15.5. The van der Waals surface area contributed by atoms with Crippen LogP contribution in [-0.4, -0.2) is 53.3 Å². The van der Waals surface area contributed by atoms with E-state index >= 15 is 8.78 Å². The molecule has 1 heterocycles. The molecule has 6 atom stereocenters. The Labute approximate surface area is 238 Å². The lowest BCUT2D eigenvalue weighted by Crippen LogP contribution is -2.43. The normalized spacial score (nSPS) is 26.1. The van der Waals surface area contributed by atoms with Crippen molar-refractivity contribution in [3.8, 4) is 0 Å². The van der Waals surface area contributed by atoms with E-state index in [0.29, 0.717) is 45.1 Å². The van der Waals surface area contributed by atoms with Gasteiger partial charge in [-0.15, -0.1) is 0 Å². The number of ether oxygens (including phenoxy) is 3. The highest BCUT2D eigenvalue weighted by atomic mass is 19.3. The SMILES string of the molecule is CCCCCC(O)CC(F)(F)[C@@H]1[C@@H](CCCCCCC(=O)OCc2ccccc2)[C@@H](O)C[C@H]1OC1CCCCO1. The van der Waals surface area contributed by atoms with E-state index in [-0.39, 0.29) is 19.0 Å². The van der Waals surface area contributed by atoms with Crippen molar-refractivity contribution in [2.24, 2.45) is 11.8 Å². The second kappa shape index (κ2) is 17.4. The van der Waals surface area contributed by atoms with Crippen LogP contribution in [0.2, 0.25) is 0 Å². The van der Waals surface area contributed by atoms with Gasteiger partial charge in [0.15, 0.2) is 6.29 Å². The fourth-order valence-electron chi connectivity index (χ4n) is 6.18. The van der Waals surface area contributed by atoms with Crippen molar-refractivity contribution in [2.45, 2.75) is 140 Å². The van der Waals surface area contributed by atoms with E-state index in [1.807, 2.05) is 37.3 Å². The summed E-state index contributed by atoms with van der Waals surface area (Å²) in [5, 5.41) is 21.3. The largest absolute Gasteiger partial charge is 0.461 e. The van der Waals surface area contributed by atoms with Gasteiger partial charge in [0.25, 0.3) is 5.92 Å². The van der Waals surface area contributed by atoms with Gasteiger partial charge in [-0.3, -0.25) is 4.79 Å². The molecule has 40 heavy (non-hydrogen) atoms. The minimum atomic E-state index is -3.16. The predicted molar refractivity (Wildman–Crippen MR) is 150 cm³/mol. The molecule has 2 aliphatic rings. The number of benzene rings is 1. The quantitative estimate of drug-likeness (QED) is 0.147. The Morgan fingerprint density at radius 1 is 1.10 bits per heavy atom. The average molecular weight is 569 g/mol. The standard InChI is InChI=1S/C32H50F2O6/c1-2-3-7-16-25(35)22-32(33,34)31-26(27(36)21-28(31)40-30-19-12-13-20-38-30)17-10-4-5-11-18-29(37)39-23-24-14-8-6-9-15-24/h6,8-9,14-15,25-28,30-31,35-36H,2-5,7,10-13,16-23H2,1H3/t25?,26-,27-,28+,30?,31+/m0/s1. The molecule has 1 aromatic carbocycles. The number of carbonyl (C=O) groups excluding carboxylic acids is 1. The summed E-state index contributed by atoms with van der Waals surface area (Å²) in [6.45, 7) is 2.86. The number of alkyl halides is 2. The Morgan fingerprint density at radius 3 is 2.60 bits per heavy atom. The fourth-order valence-corrected chi connectivity index (χ4v) is 6.18. The minimum absolute atomic E-state index is 0.157. The van der Waals surface area contributed by atoms with Crippen LogP contribution in [0.3, 0.4) is 0 Å². The molecule has 6 nitrogen and oxygen atoms in total. The molecule has 1 aliphatic carbocycles. The molecular weight excluding hydrogens is 518 g/mol. The highest BCUT2D eigenvalue weighted by molar-refractivity contribution is 5.69. The maximum Gasteiger partial charge on any atom is 0.306 e. The Morgan fingerprint density at radius 2 is 1.88 bits per heavy atom. The van der Waals surface area contributed by atoms with E-state index in [4.69, 9.17) is 14.2 Å². The van der Waals surface area contributed by atoms with Crippen LogP contribution >= 0.6 is 0 Å². The number of halogens is 2. The van der Waals surface area contributed by atoms with Crippen LogP contribution in [-0.2, 0) is 25.6 Å². The zero-order chi connectivity index (χ0) is 28.8. The number of aliphatic hydroxyl groups excluding tert-OH is 2. The van der Waals surface area contributed by atoms with Gasteiger partial charge in [-0.05, 0) is 50.0 Å². The van der Waals surface area contributed by atoms with Crippen LogP contribution < -0.4 is 0 Å². The molecule has 0 bridgehead atoms. The van der Waals surface area contributed by atoms with Crippen LogP contribution in [0.15, 0.2) is 30.3 Å². The molecule has 0 aromatic heterocycles. The lowest BCUT2D eigenvalue weighted by Gasteiger charge is -2.36. The lowest BCUT2D eigenvalue weighted by molar-refractivity contribution is -0.221. The molecule has 1 aliphatic heterocycles. The molecular formula is C32H50F2O6. The monoisotopic (exact) mass is 568 g/mol. The van der Waals surface area contributed by atoms with Gasteiger partial charge < -0.3 is 24.4 Å². The molecule has 2 unspecified atom stereocenters. The summed E-state index contributed by atoms with van der Waals surface area (Å²) in [5.41, 5.74) is 0.947. The summed E-state index contributed by atoms with van der Waals surface area (Å²) in [5.74, 6) is -5.17. The summed E-state index contributed by atoms with van der Waals surface area (Å²) in [7, 11) is 0. The Balaban J connectivity index is 1.48. The van der Waals surface area contributed by atoms with Crippen LogP contribution in [0.25, 0.3) is 0 Å². The Hall–Kier alpha value is -1.61. The highest BCUT2D eigenvalue weighted by Gasteiger charge is 2.56. The van der Waals surface area contributed by atoms with Gasteiger partial charge in [0, 0.05) is 25.9 Å². The predicted octanol–water partition coefficient (Wildman–Crippen LogP) is 6.95. The first-order chi connectivity index (χ1) is 19.3. The second-order valence-corrected chi connectivity index (χ2v) is 11.7. The molecule has 1 saturated heterocycles. The smallest absolute Gasteiger partial charge is 0.306 e. The molecule has 3 rings (SSSR count). The summed E-state index contributed by atoms with van der Waals surface area (Å²) < 4.78 is 48.6. The van der Waals surface area contributed by atoms with Crippen LogP contribution in [0.4, 0.5) is 8.78 Å². The molecule has 2 N–H and O–H groups in total. The van der Waals surface area contributed by atoms with Crippen molar-refractivity contribution in [1.29, 1.82) is 0 Å². The maximum absolute atomic E-state index is 15.8. The third-order valence-electron chi connectivity index (χ3n) is 8.34. The summed E-state index contributed by atoms with van der Waals surface area (Å²) in [4.78, 5) is 12.0. The molecule has 1 aromatic rings. The van der Waals surface area contributed by atoms with Crippen molar-refractivity contribution in [2.75, 3.05) is 6.61 Å². The van der Waals surface area contributed by atoms with E-state index < -0.39 is 48.8 Å². The number of carbonyl (C=O) groups is 1.